The van der Waals surface area contributed by atoms with Crippen molar-refractivity contribution in [3.05, 3.63) is 76.8 Å². The minimum Gasteiger partial charge on any atom is -0.493 e. The maximum Gasteiger partial charge on any atom is 0.276 e. The van der Waals surface area contributed by atoms with Crippen LogP contribution in [-0.2, 0) is 6.42 Å². The zero-order valence-corrected chi connectivity index (χ0v) is 19.3. The third-order valence-electron chi connectivity index (χ3n) is 5.43. The number of carbonyl (C=O) groups excluding carboxylic acids is 2. The number of nitrogens with one attached hydrogen (secondary N) is 4. The van der Waals surface area contributed by atoms with Gasteiger partial charge in [-0.3, -0.25) is 19.9 Å². The third kappa shape index (κ3) is 4.38. The maximum atomic E-state index is 12.8. The summed E-state index contributed by atoms with van der Waals surface area (Å²) in [5.41, 5.74) is 3.62. The van der Waals surface area contributed by atoms with Gasteiger partial charge in [0.15, 0.2) is 5.75 Å². The molecule has 0 radical (unpaired) electrons. The largest absolute Gasteiger partial charge is 0.493 e. The minimum absolute atomic E-state index is 0.0986. The molecule has 1 aliphatic rings. The van der Waals surface area contributed by atoms with Gasteiger partial charge in [0.25, 0.3) is 11.8 Å². The summed E-state index contributed by atoms with van der Waals surface area (Å²) < 4.78 is 5.46. The molecule has 0 saturated carbocycles. The molecule has 176 valence electrons. The van der Waals surface area contributed by atoms with Crippen molar-refractivity contribution in [2.45, 2.75) is 6.42 Å². The predicted molar refractivity (Wildman–Crippen MR) is 131 cm³/mol. The summed E-state index contributed by atoms with van der Waals surface area (Å²) in [4.78, 5) is 41.4. The van der Waals surface area contributed by atoms with Crippen LogP contribution in [0, 0.1) is 0 Å². The number of halogens is 1. The first-order valence-electron chi connectivity index (χ1n) is 10.7. The number of H-pyrrole nitrogens is 1. The summed E-state index contributed by atoms with van der Waals surface area (Å²) in [6, 6.07) is 12.0. The van der Waals surface area contributed by atoms with Crippen molar-refractivity contribution in [2.24, 2.45) is 0 Å². The second kappa shape index (κ2) is 9.43. The van der Waals surface area contributed by atoms with E-state index in [-0.39, 0.29) is 17.5 Å². The van der Waals surface area contributed by atoms with Crippen molar-refractivity contribution in [3.8, 4) is 17.1 Å². The zero-order valence-electron chi connectivity index (χ0n) is 18.6. The number of rotatable bonds is 6. The van der Waals surface area contributed by atoms with Gasteiger partial charge in [-0.1, -0.05) is 23.7 Å². The first-order valence-corrected chi connectivity index (χ1v) is 11.1. The fourth-order valence-corrected chi connectivity index (χ4v) is 4.12. The Labute approximate surface area is 205 Å². The lowest BCUT2D eigenvalue weighted by Gasteiger charge is -2.17. The lowest BCUT2D eigenvalue weighted by molar-refractivity contribution is 0.0946. The number of anilines is 3. The van der Waals surface area contributed by atoms with Gasteiger partial charge < -0.3 is 20.4 Å². The van der Waals surface area contributed by atoms with Crippen molar-refractivity contribution in [1.82, 2.24) is 25.3 Å². The van der Waals surface area contributed by atoms with Gasteiger partial charge in [0.1, 0.15) is 5.69 Å². The molecule has 0 unspecified atom stereocenters. The molecule has 2 amide bonds. The van der Waals surface area contributed by atoms with Crippen LogP contribution in [0.25, 0.3) is 11.4 Å². The van der Waals surface area contributed by atoms with E-state index in [1.54, 1.807) is 42.5 Å². The molecule has 3 aromatic heterocycles. The highest BCUT2D eigenvalue weighted by Gasteiger charge is 2.28. The van der Waals surface area contributed by atoms with Gasteiger partial charge in [-0.05, 0) is 30.3 Å². The molecule has 5 rings (SSSR count). The number of fused-ring (bicyclic) bond motifs is 1. The van der Waals surface area contributed by atoms with Crippen molar-refractivity contribution in [1.29, 1.82) is 0 Å². The monoisotopic (exact) mass is 489 g/mol. The highest BCUT2D eigenvalue weighted by Crippen LogP contribution is 2.40. The van der Waals surface area contributed by atoms with Crippen LogP contribution >= 0.6 is 11.6 Å². The van der Waals surface area contributed by atoms with E-state index < -0.39 is 5.91 Å². The number of pyridine rings is 1. The number of amides is 2. The van der Waals surface area contributed by atoms with Crippen LogP contribution in [-0.4, -0.2) is 45.4 Å². The van der Waals surface area contributed by atoms with Crippen LogP contribution in [0.2, 0.25) is 5.02 Å². The first kappa shape index (κ1) is 22.4. The minimum atomic E-state index is -0.435. The molecule has 0 fully saturated rings. The molecule has 1 aromatic carbocycles. The zero-order chi connectivity index (χ0) is 24.4. The normalized spacial score (nSPS) is 12.5. The summed E-state index contributed by atoms with van der Waals surface area (Å²) in [7, 11) is 1.52. The van der Waals surface area contributed by atoms with Gasteiger partial charge in [-0.25, -0.2) is 9.97 Å². The van der Waals surface area contributed by atoms with Gasteiger partial charge >= 0.3 is 0 Å². The van der Waals surface area contributed by atoms with Crippen LogP contribution < -0.4 is 20.7 Å². The third-order valence-corrected chi connectivity index (χ3v) is 5.73. The Kier molecular flexibility index (Phi) is 6.02. The Hall–Kier alpha value is -4.44. The highest BCUT2D eigenvalue weighted by atomic mass is 35.5. The quantitative estimate of drug-likeness (QED) is 0.323. The SMILES string of the molecule is COc1c(Cl)cccc1Nc1c(-c2ccnc(NC(=O)c3ccccn3)n2)[nH]c2c1C(=O)NCC2. The molecular weight excluding hydrogens is 470 g/mol. The van der Waals surface area contributed by atoms with Gasteiger partial charge in [-0.15, -0.1) is 0 Å². The number of benzene rings is 1. The molecule has 1 aliphatic heterocycles. The molecule has 4 aromatic rings. The number of aromatic nitrogens is 4. The van der Waals surface area contributed by atoms with E-state index in [0.29, 0.717) is 52.1 Å². The molecule has 0 aliphatic carbocycles. The van der Waals surface area contributed by atoms with Gasteiger partial charge in [-0.2, -0.15) is 0 Å². The molecule has 10 nitrogen and oxygen atoms in total. The summed E-state index contributed by atoms with van der Waals surface area (Å²) in [6.45, 7) is 0.515. The predicted octanol–water partition coefficient (Wildman–Crippen LogP) is 3.81. The van der Waals surface area contributed by atoms with Crippen molar-refractivity contribution < 1.29 is 14.3 Å². The van der Waals surface area contributed by atoms with E-state index in [0.717, 1.165) is 5.69 Å². The van der Waals surface area contributed by atoms with Crippen LogP contribution in [0.15, 0.2) is 54.9 Å². The van der Waals surface area contributed by atoms with Crippen molar-refractivity contribution >= 4 is 40.7 Å². The number of ether oxygens (including phenoxy) is 1. The second-order valence-electron chi connectivity index (χ2n) is 7.61. The van der Waals surface area contributed by atoms with E-state index in [2.05, 4.69) is 35.9 Å². The maximum absolute atomic E-state index is 12.8. The first-order chi connectivity index (χ1) is 17.0. The molecule has 11 heteroatoms. The lowest BCUT2D eigenvalue weighted by Crippen LogP contribution is -2.31. The molecule has 4 N–H and O–H groups in total. The molecule has 0 atom stereocenters. The molecule has 0 spiro atoms. The fourth-order valence-electron chi connectivity index (χ4n) is 3.87. The molecule has 35 heavy (non-hydrogen) atoms. The fraction of sp³-hybridized carbons (Fsp3) is 0.125. The van der Waals surface area contributed by atoms with Crippen LogP contribution in [0.3, 0.4) is 0 Å². The number of methoxy groups -OCH3 is 1. The standard InChI is InChI=1S/C24H20ClN7O3/c1-35-21-13(25)5-4-7-16(21)30-20-18-14(8-11-27-23(18)34)29-19(20)15-9-12-28-24(31-15)32-22(33)17-6-2-3-10-26-17/h2-7,9-10,12,29-30H,8,11H2,1H3,(H,27,34)(H,28,31,32,33). The smallest absolute Gasteiger partial charge is 0.276 e. The Morgan fingerprint density at radius 3 is 2.80 bits per heavy atom. The summed E-state index contributed by atoms with van der Waals surface area (Å²) in [6.07, 6.45) is 3.68. The van der Waals surface area contributed by atoms with Crippen LogP contribution in [0.5, 0.6) is 5.75 Å². The number of carbonyl (C=O) groups is 2. The highest BCUT2D eigenvalue weighted by molar-refractivity contribution is 6.32. The number of hydrogen-bond acceptors (Lipinski definition) is 7. The van der Waals surface area contributed by atoms with E-state index in [1.807, 2.05) is 0 Å². The van der Waals surface area contributed by atoms with Gasteiger partial charge in [0.05, 0.1) is 40.5 Å². The van der Waals surface area contributed by atoms with E-state index in [9.17, 15) is 9.59 Å². The Morgan fingerprint density at radius 2 is 2.00 bits per heavy atom. The van der Waals surface area contributed by atoms with Gasteiger partial charge in [0, 0.05) is 31.1 Å². The Bertz CT molecular complexity index is 1420. The van der Waals surface area contributed by atoms with Crippen LogP contribution in [0.4, 0.5) is 17.3 Å². The summed E-state index contributed by atoms with van der Waals surface area (Å²) in [5, 5.41) is 9.25. The molecular formula is C24H20ClN7O3. The van der Waals surface area contributed by atoms with Gasteiger partial charge in [0.2, 0.25) is 5.95 Å². The summed E-state index contributed by atoms with van der Waals surface area (Å²) in [5.74, 6) is -0.108. The number of hydrogen-bond donors (Lipinski definition) is 4. The lowest BCUT2D eigenvalue weighted by atomic mass is 10.1. The van der Waals surface area contributed by atoms with E-state index in [4.69, 9.17) is 16.3 Å². The van der Waals surface area contributed by atoms with Crippen molar-refractivity contribution in [2.75, 3.05) is 24.3 Å². The second-order valence-corrected chi connectivity index (χ2v) is 8.02. The molecule has 0 bridgehead atoms. The average molecular weight is 490 g/mol. The van der Waals surface area contributed by atoms with Crippen molar-refractivity contribution in [3.63, 3.8) is 0 Å². The van der Waals surface area contributed by atoms with E-state index in [1.165, 1.54) is 19.5 Å². The Balaban J connectivity index is 1.56. The topological polar surface area (TPSA) is 134 Å². The van der Waals surface area contributed by atoms with Crippen LogP contribution in [0.1, 0.15) is 26.5 Å². The Morgan fingerprint density at radius 1 is 1.11 bits per heavy atom. The molecule has 4 heterocycles. The average Bonchev–Trinajstić information content (AvgIpc) is 3.24. The number of nitrogens with zero attached hydrogens (tertiary/aromatic N) is 3. The van der Waals surface area contributed by atoms with E-state index >= 15 is 0 Å². The molecule has 0 saturated heterocycles. The summed E-state index contributed by atoms with van der Waals surface area (Å²) >= 11 is 6.30. The number of aromatic amines is 1. The number of para-hydroxylation sites is 1.